The predicted molar refractivity (Wildman–Crippen MR) is 108 cm³/mol. The molecule has 0 unspecified atom stereocenters. The Bertz CT molecular complexity index is 1330. The van der Waals surface area contributed by atoms with Crippen LogP contribution in [-0.4, -0.2) is 20.5 Å². The van der Waals surface area contributed by atoms with E-state index in [4.69, 9.17) is 4.74 Å². The van der Waals surface area contributed by atoms with Gasteiger partial charge in [-0.2, -0.15) is 5.10 Å². The summed E-state index contributed by atoms with van der Waals surface area (Å²) in [5.74, 6) is 0.383. The standard InChI is InChI=1S/C21H14N4O3S/c26-20(19-7-4-10-29-19)16-12-22-24-18-11-15(28-13-14-5-2-1-3-6-14)8-9-17(18)25(27)23-21(16)24/h1-12H,13H2. The minimum atomic E-state index is -0.210. The van der Waals surface area contributed by atoms with Gasteiger partial charge in [0.05, 0.1) is 16.6 Å². The van der Waals surface area contributed by atoms with E-state index in [1.54, 1.807) is 30.3 Å². The van der Waals surface area contributed by atoms with Gasteiger partial charge in [-0.05, 0) is 27.9 Å². The molecule has 5 rings (SSSR count). The fourth-order valence-corrected chi connectivity index (χ4v) is 3.80. The highest BCUT2D eigenvalue weighted by Gasteiger charge is 2.22. The summed E-state index contributed by atoms with van der Waals surface area (Å²) < 4.78 is 7.36. The van der Waals surface area contributed by atoms with Gasteiger partial charge in [-0.15, -0.1) is 11.3 Å². The average molecular weight is 402 g/mol. The van der Waals surface area contributed by atoms with E-state index in [0.717, 1.165) is 5.56 Å². The minimum absolute atomic E-state index is 0.210. The number of ketones is 1. The molecule has 8 heteroatoms. The molecule has 142 valence electrons. The third-order valence-electron chi connectivity index (χ3n) is 4.55. The van der Waals surface area contributed by atoms with Crippen molar-refractivity contribution in [2.75, 3.05) is 0 Å². The molecule has 3 aromatic heterocycles. The molecule has 0 aliphatic carbocycles. The van der Waals surface area contributed by atoms with Gasteiger partial charge in [0.2, 0.25) is 11.4 Å². The van der Waals surface area contributed by atoms with Crippen molar-refractivity contribution in [2.24, 2.45) is 0 Å². The van der Waals surface area contributed by atoms with Crippen molar-refractivity contribution in [3.63, 3.8) is 0 Å². The smallest absolute Gasteiger partial charge is 0.270 e. The van der Waals surface area contributed by atoms with E-state index in [1.165, 1.54) is 22.0 Å². The number of nitrogens with zero attached hydrogens (tertiary/aromatic N) is 4. The number of fused-ring (bicyclic) bond motifs is 3. The van der Waals surface area contributed by atoms with E-state index in [2.05, 4.69) is 10.2 Å². The summed E-state index contributed by atoms with van der Waals surface area (Å²) in [5.41, 5.74) is 2.39. The van der Waals surface area contributed by atoms with Gasteiger partial charge in [-0.1, -0.05) is 36.4 Å². The number of hydrogen-bond acceptors (Lipinski definition) is 6. The Morgan fingerprint density at radius 3 is 2.79 bits per heavy atom. The van der Waals surface area contributed by atoms with Crippen molar-refractivity contribution in [1.82, 2.24) is 14.7 Å². The van der Waals surface area contributed by atoms with E-state index in [0.29, 0.717) is 33.1 Å². The SMILES string of the molecule is O=C(c1cccs1)c1cnn2c1n[n+]([O-])c1ccc(OCc3ccccc3)cc12. The van der Waals surface area contributed by atoms with Crippen molar-refractivity contribution >= 4 is 33.8 Å². The normalized spacial score (nSPS) is 11.2. The summed E-state index contributed by atoms with van der Waals surface area (Å²) in [6.07, 6.45) is 1.45. The molecule has 0 atom stereocenters. The second kappa shape index (κ2) is 6.99. The molecule has 2 aromatic carbocycles. The van der Waals surface area contributed by atoms with Gasteiger partial charge >= 0.3 is 0 Å². The van der Waals surface area contributed by atoms with Gasteiger partial charge in [-0.25, -0.2) is 4.52 Å². The molecule has 0 saturated carbocycles. The van der Waals surface area contributed by atoms with E-state index < -0.39 is 0 Å². The number of rotatable bonds is 5. The molecule has 0 saturated heterocycles. The van der Waals surface area contributed by atoms with Crippen LogP contribution >= 0.6 is 11.3 Å². The van der Waals surface area contributed by atoms with Crippen LogP contribution in [0.15, 0.2) is 72.2 Å². The lowest BCUT2D eigenvalue weighted by Gasteiger charge is -2.08. The molecule has 5 aromatic rings. The molecule has 0 fully saturated rings. The Kier molecular flexibility index (Phi) is 4.18. The van der Waals surface area contributed by atoms with Crippen LogP contribution in [0.5, 0.6) is 5.75 Å². The molecule has 7 nitrogen and oxygen atoms in total. The quantitative estimate of drug-likeness (QED) is 0.256. The van der Waals surface area contributed by atoms with Crippen molar-refractivity contribution < 1.29 is 14.4 Å². The Hall–Kier alpha value is -3.78. The van der Waals surface area contributed by atoms with Crippen LogP contribution in [0.1, 0.15) is 20.8 Å². The zero-order valence-corrected chi connectivity index (χ0v) is 15.9. The maximum Gasteiger partial charge on any atom is 0.270 e. The number of aromatic nitrogens is 4. The Labute approximate surface area is 169 Å². The maximum atomic E-state index is 12.7. The molecule has 0 bridgehead atoms. The van der Waals surface area contributed by atoms with Gasteiger partial charge in [0.1, 0.15) is 17.9 Å². The van der Waals surface area contributed by atoms with Gasteiger partial charge in [-0.3, -0.25) is 4.79 Å². The zero-order valence-electron chi connectivity index (χ0n) is 15.1. The lowest BCUT2D eigenvalue weighted by Crippen LogP contribution is -2.33. The van der Waals surface area contributed by atoms with Crippen molar-refractivity contribution in [3.05, 3.63) is 93.5 Å². The summed E-state index contributed by atoms with van der Waals surface area (Å²) in [6.45, 7) is 0.402. The molecule has 0 spiro atoms. The number of benzene rings is 2. The van der Waals surface area contributed by atoms with Crippen LogP contribution < -0.4 is 9.58 Å². The molecular weight excluding hydrogens is 388 g/mol. The van der Waals surface area contributed by atoms with Crippen molar-refractivity contribution in [2.45, 2.75) is 6.61 Å². The lowest BCUT2D eigenvalue weighted by molar-refractivity contribution is -0.640. The predicted octanol–water partition coefficient (Wildman–Crippen LogP) is 3.39. The zero-order chi connectivity index (χ0) is 19.8. The van der Waals surface area contributed by atoms with Crippen LogP contribution in [0.4, 0.5) is 0 Å². The molecule has 3 heterocycles. The first kappa shape index (κ1) is 17.3. The van der Waals surface area contributed by atoms with Crippen molar-refractivity contribution in [3.8, 4) is 5.75 Å². The number of carbonyl (C=O) groups excluding carboxylic acids is 1. The Balaban J connectivity index is 1.57. The van der Waals surface area contributed by atoms with Gasteiger partial charge in [0.25, 0.3) is 5.52 Å². The number of thiophene rings is 1. The Morgan fingerprint density at radius 2 is 2.00 bits per heavy atom. The molecule has 0 N–H and O–H groups in total. The molecule has 0 amide bonds. The fraction of sp³-hybridized carbons (Fsp3) is 0.0476. The highest BCUT2D eigenvalue weighted by molar-refractivity contribution is 7.12. The van der Waals surface area contributed by atoms with E-state index in [9.17, 15) is 10.0 Å². The number of hydrogen-bond donors (Lipinski definition) is 0. The molecule has 0 aliphatic heterocycles. The maximum absolute atomic E-state index is 12.7. The first-order valence-corrected chi connectivity index (χ1v) is 9.75. The summed E-state index contributed by atoms with van der Waals surface area (Å²) in [6, 6.07) is 18.4. The topological polar surface area (TPSA) is 83.4 Å². The Morgan fingerprint density at radius 1 is 1.14 bits per heavy atom. The molecule has 0 aliphatic rings. The van der Waals surface area contributed by atoms with E-state index in [-0.39, 0.29) is 17.0 Å². The fourth-order valence-electron chi connectivity index (χ4n) is 3.12. The summed E-state index contributed by atoms with van der Waals surface area (Å²) in [7, 11) is 0. The molecule has 29 heavy (non-hydrogen) atoms. The van der Waals surface area contributed by atoms with Crippen LogP contribution in [0, 0.1) is 5.21 Å². The van der Waals surface area contributed by atoms with Crippen LogP contribution in [-0.2, 0) is 6.61 Å². The third kappa shape index (κ3) is 3.09. The highest BCUT2D eigenvalue weighted by Crippen LogP contribution is 2.23. The second-order valence-electron chi connectivity index (χ2n) is 6.40. The molecular formula is C21H14N4O3S. The first-order chi connectivity index (χ1) is 14.2. The summed E-state index contributed by atoms with van der Waals surface area (Å²) in [5, 5.41) is 22.6. The number of carbonyl (C=O) groups is 1. The van der Waals surface area contributed by atoms with Crippen LogP contribution in [0.2, 0.25) is 0 Å². The molecule has 0 radical (unpaired) electrons. The first-order valence-electron chi connectivity index (χ1n) is 8.87. The highest BCUT2D eigenvalue weighted by atomic mass is 32.1. The van der Waals surface area contributed by atoms with E-state index >= 15 is 0 Å². The van der Waals surface area contributed by atoms with Crippen LogP contribution in [0.3, 0.4) is 0 Å². The van der Waals surface area contributed by atoms with Crippen LogP contribution in [0.25, 0.3) is 16.7 Å². The van der Waals surface area contributed by atoms with Gasteiger partial charge in [0, 0.05) is 17.2 Å². The second-order valence-corrected chi connectivity index (χ2v) is 7.35. The van der Waals surface area contributed by atoms with Gasteiger partial charge in [0.15, 0.2) is 0 Å². The average Bonchev–Trinajstić information content (AvgIpc) is 3.43. The number of ether oxygens (including phenoxy) is 1. The van der Waals surface area contributed by atoms with E-state index in [1.807, 2.05) is 35.7 Å². The monoisotopic (exact) mass is 402 g/mol. The largest absolute Gasteiger partial charge is 0.594 e. The van der Waals surface area contributed by atoms with Crippen molar-refractivity contribution in [1.29, 1.82) is 0 Å². The minimum Gasteiger partial charge on any atom is -0.594 e. The summed E-state index contributed by atoms with van der Waals surface area (Å²) in [4.78, 5) is 13.8. The lowest BCUT2D eigenvalue weighted by atomic mass is 10.2. The third-order valence-corrected chi connectivity index (χ3v) is 5.42. The summed E-state index contributed by atoms with van der Waals surface area (Å²) >= 11 is 1.33. The van der Waals surface area contributed by atoms with Gasteiger partial charge < -0.3 is 9.94 Å².